The van der Waals surface area contributed by atoms with Crippen LogP contribution in [0.15, 0.2) is 0 Å². The molecule has 0 radical (unpaired) electrons. The second-order valence-corrected chi connectivity index (χ2v) is 7.72. The van der Waals surface area contributed by atoms with Gasteiger partial charge in [0, 0.05) is 5.92 Å². The molecule has 4 heteroatoms. The van der Waals surface area contributed by atoms with E-state index in [4.69, 9.17) is 9.47 Å². The van der Waals surface area contributed by atoms with E-state index < -0.39 is 11.4 Å². The summed E-state index contributed by atoms with van der Waals surface area (Å²) in [6.45, 7) is 6.31. The van der Waals surface area contributed by atoms with Crippen LogP contribution in [0.1, 0.15) is 40.0 Å². The number of carbonyl (C=O) groups is 1. The average Bonchev–Trinajstić information content (AvgIpc) is 3.25. The molecule has 4 nitrogen and oxygen atoms in total. The van der Waals surface area contributed by atoms with E-state index in [1.807, 2.05) is 6.92 Å². The Morgan fingerprint density at radius 3 is 2.50 bits per heavy atom. The van der Waals surface area contributed by atoms with Gasteiger partial charge in [-0.3, -0.25) is 4.79 Å². The molecule has 0 spiro atoms. The number of ether oxygens (including phenoxy) is 2. The Bertz CT molecular complexity index is 450. The van der Waals surface area contributed by atoms with Crippen molar-refractivity contribution in [3.05, 3.63) is 0 Å². The Kier molecular flexibility index (Phi) is 2.60. The highest BCUT2D eigenvalue weighted by molar-refractivity contribution is 5.75. The summed E-state index contributed by atoms with van der Waals surface area (Å²) in [6.07, 6.45) is 4.35. The zero-order valence-electron chi connectivity index (χ0n) is 12.4. The molecule has 2 saturated heterocycles. The van der Waals surface area contributed by atoms with Gasteiger partial charge >= 0.3 is 5.97 Å². The van der Waals surface area contributed by atoms with Gasteiger partial charge in [-0.25, -0.2) is 0 Å². The van der Waals surface area contributed by atoms with Gasteiger partial charge in [0.1, 0.15) is 0 Å². The first-order valence-corrected chi connectivity index (χ1v) is 7.97. The van der Waals surface area contributed by atoms with Crippen LogP contribution >= 0.6 is 0 Å². The quantitative estimate of drug-likeness (QED) is 0.788. The maximum atomic E-state index is 12.0. The SMILES string of the molecule is CC1CC2OC2CC1C1C2OC2CC(C)C1(C)C(=O)O. The van der Waals surface area contributed by atoms with E-state index in [1.54, 1.807) is 0 Å². The second-order valence-electron chi connectivity index (χ2n) is 7.72. The maximum Gasteiger partial charge on any atom is 0.310 e. The molecule has 4 aliphatic rings. The van der Waals surface area contributed by atoms with Crippen molar-refractivity contribution in [3.63, 3.8) is 0 Å². The molecule has 112 valence electrons. The first-order chi connectivity index (χ1) is 9.42. The topological polar surface area (TPSA) is 62.4 Å². The van der Waals surface area contributed by atoms with Crippen LogP contribution in [0.25, 0.3) is 0 Å². The number of aliphatic carboxylic acids is 1. The lowest BCUT2D eigenvalue weighted by Crippen LogP contribution is -2.52. The van der Waals surface area contributed by atoms with E-state index in [-0.39, 0.29) is 17.9 Å². The van der Waals surface area contributed by atoms with Gasteiger partial charge < -0.3 is 14.6 Å². The minimum Gasteiger partial charge on any atom is -0.481 e. The van der Waals surface area contributed by atoms with Crippen LogP contribution < -0.4 is 0 Å². The summed E-state index contributed by atoms with van der Waals surface area (Å²) >= 11 is 0. The predicted molar refractivity (Wildman–Crippen MR) is 72.2 cm³/mol. The minimum atomic E-state index is -0.654. The molecule has 0 aromatic rings. The van der Waals surface area contributed by atoms with Crippen molar-refractivity contribution in [2.45, 2.75) is 64.4 Å². The van der Waals surface area contributed by atoms with E-state index in [0.29, 0.717) is 30.1 Å². The van der Waals surface area contributed by atoms with Crippen molar-refractivity contribution in [2.75, 3.05) is 0 Å². The lowest BCUT2D eigenvalue weighted by atomic mass is 9.54. The third kappa shape index (κ3) is 1.64. The van der Waals surface area contributed by atoms with E-state index >= 15 is 0 Å². The highest BCUT2D eigenvalue weighted by Gasteiger charge is 2.66. The van der Waals surface area contributed by atoms with Crippen molar-refractivity contribution in [1.29, 1.82) is 0 Å². The normalized spacial score (nSPS) is 60.4. The molecule has 0 aromatic heterocycles. The van der Waals surface area contributed by atoms with Crippen LogP contribution in [-0.2, 0) is 14.3 Å². The number of carboxylic acid groups (broad SMARTS) is 1. The molecular formula is C16H24O4. The summed E-state index contributed by atoms with van der Waals surface area (Å²) in [5.41, 5.74) is -0.654. The van der Waals surface area contributed by atoms with Crippen LogP contribution in [0.5, 0.6) is 0 Å². The van der Waals surface area contributed by atoms with Crippen molar-refractivity contribution in [3.8, 4) is 0 Å². The largest absolute Gasteiger partial charge is 0.481 e. The molecule has 2 saturated carbocycles. The van der Waals surface area contributed by atoms with Gasteiger partial charge in [0.2, 0.25) is 0 Å². The fraction of sp³-hybridized carbons (Fsp3) is 0.938. The van der Waals surface area contributed by atoms with Crippen LogP contribution in [0.2, 0.25) is 0 Å². The Hall–Kier alpha value is -0.610. The van der Waals surface area contributed by atoms with Gasteiger partial charge in [0.25, 0.3) is 0 Å². The highest BCUT2D eigenvalue weighted by atomic mass is 16.6. The molecule has 9 atom stereocenters. The number of hydrogen-bond acceptors (Lipinski definition) is 3. The summed E-state index contributed by atoms with van der Waals surface area (Å²) < 4.78 is 11.5. The van der Waals surface area contributed by atoms with Crippen molar-refractivity contribution in [2.24, 2.45) is 29.1 Å². The fourth-order valence-corrected chi connectivity index (χ4v) is 5.10. The number of epoxide rings is 2. The highest BCUT2D eigenvalue weighted by Crippen LogP contribution is 2.60. The molecule has 9 unspecified atom stereocenters. The third-order valence-corrected chi connectivity index (χ3v) is 6.73. The number of fused-ring (bicyclic) bond motifs is 2. The van der Waals surface area contributed by atoms with E-state index in [0.717, 1.165) is 19.3 Å². The Morgan fingerprint density at radius 2 is 1.80 bits per heavy atom. The van der Waals surface area contributed by atoms with Gasteiger partial charge in [-0.1, -0.05) is 13.8 Å². The summed E-state index contributed by atoms with van der Waals surface area (Å²) in [7, 11) is 0. The fourth-order valence-electron chi connectivity index (χ4n) is 5.10. The number of carboxylic acids is 1. The van der Waals surface area contributed by atoms with Gasteiger partial charge in [-0.2, -0.15) is 0 Å². The van der Waals surface area contributed by atoms with Crippen molar-refractivity contribution < 1.29 is 19.4 Å². The number of hydrogen-bond donors (Lipinski definition) is 1. The molecule has 0 bridgehead atoms. The second kappa shape index (κ2) is 3.98. The molecule has 4 fully saturated rings. The molecule has 20 heavy (non-hydrogen) atoms. The standard InChI is InChI=1S/C16H24O4/c1-7-4-10-11(19-10)6-9(7)13-14-12(20-14)5-8(2)16(13,3)15(17)18/h7-14H,4-6H2,1-3H3,(H,17,18). The summed E-state index contributed by atoms with van der Waals surface area (Å²) in [6, 6.07) is 0. The first kappa shape index (κ1) is 13.1. The Labute approximate surface area is 119 Å². The Morgan fingerprint density at radius 1 is 1.10 bits per heavy atom. The van der Waals surface area contributed by atoms with Crippen LogP contribution in [0.3, 0.4) is 0 Å². The molecule has 2 aliphatic carbocycles. The van der Waals surface area contributed by atoms with Crippen LogP contribution in [0, 0.1) is 29.1 Å². The molecular weight excluding hydrogens is 256 g/mol. The third-order valence-electron chi connectivity index (χ3n) is 6.73. The molecule has 0 amide bonds. The minimum absolute atomic E-state index is 0.147. The lowest BCUT2D eigenvalue weighted by Gasteiger charge is -2.47. The summed E-state index contributed by atoms with van der Waals surface area (Å²) in [5, 5.41) is 9.88. The number of rotatable bonds is 2. The molecule has 2 heterocycles. The van der Waals surface area contributed by atoms with Gasteiger partial charge in [0.05, 0.1) is 29.8 Å². The summed E-state index contributed by atoms with van der Waals surface area (Å²) in [4.78, 5) is 12.0. The smallest absolute Gasteiger partial charge is 0.310 e. The maximum absolute atomic E-state index is 12.0. The van der Waals surface area contributed by atoms with Gasteiger partial charge in [0.15, 0.2) is 0 Å². The predicted octanol–water partition coefficient (Wildman–Crippen LogP) is 2.31. The Balaban J connectivity index is 1.67. The van der Waals surface area contributed by atoms with E-state index in [2.05, 4.69) is 13.8 Å². The molecule has 2 aliphatic heterocycles. The van der Waals surface area contributed by atoms with Crippen LogP contribution in [0.4, 0.5) is 0 Å². The zero-order valence-corrected chi connectivity index (χ0v) is 12.4. The molecule has 0 aromatic carbocycles. The summed E-state index contributed by atoms with van der Waals surface area (Å²) in [5.74, 6) is 0.651. The first-order valence-electron chi connectivity index (χ1n) is 7.97. The van der Waals surface area contributed by atoms with Gasteiger partial charge in [-0.15, -0.1) is 0 Å². The molecule has 4 rings (SSSR count). The zero-order chi connectivity index (χ0) is 14.2. The van der Waals surface area contributed by atoms with Crippen molar-refractivity contribution in [1.82, 2.24) is 0 Å². The molecule has 1 N–H and O–H groups in total. The monoisotopic (exact) mass is 280 g/mol. The lowest BCUT2D eigenvalue weighted by molar-refractivity contribution is -0.160. The van der Waals surface area contributed by atoms with Crippen molar-refractivity contribution >= 4 is 5.97 Å². The average molecular weight is 280 g/mol. The van der Waals surface area contributed by atoms with E-state index in [1.165, 1.54) is 0 Å². The van der Waals surface area contributed by atoms with Gasteiger partial charge in [-0.05, 0) is 43.9 Å². The van der Waals surface area contributed by atoms with Crippen LogP contribution in [-0.4, -0.2) is 35.5 Å². The van der Waals surface area contributed by atoms with E-state index in [9.17, 15) is 9.90 Å².